The van der Waals surface area contributed by atoms with E-state index in [0.29, 0.717) is 35.8 Å². The molecule has 0 aromatic heterocycles. The van der Waals surface area contributed by atoms with Crippen LogP contribution in [0.25, 0.3) is 0 Å². The molecule has 0 spiro atoms. The Kier molecular flexibility index (Phi) is 7.76. The molecule has 1 aliphatic rings. The molecule has 0 saturated heterocycles. The minimum Gasteiger partial charge on any atom is -0.493 e. The second-order valence-corrected chi connectivity index (χ2v) is 7.02. The lowest BCUT2D eigenvalue weighted by atomic mass is 9.93. The Bertz CT molecular complexity index is 748. The molecule has 148 valence electrons. The van der Waals surface area contributed by atoms with Gasteiger partial charge in [-0.05, 0) is 60.6 Å². The first-order valence-electron chi connectivity index (χ1n) is 8.94. The van der Waals surface area contributed by atoms with Crippen LogP contribution in [0.2, 0.25) is 0 Å². The largest absolute Gasteiger partial charge is 0.493 e. The van der Waals surface area contributed by atoms with Crippen molar-refractivity contribution in [2.75, 3.05) is 20.3 Å². The number of hydrogen-bond acceptors (Lipinski definition) is 5. The van der Waals surface area contributed by atoms with Crippen LogP contribution >= 0.6 is 22.6 Å². The fourth-order valence-electron chi connectivity index (χ4n) is 2.96. The van der Waals surface area contributed by atoms with Crippen molar-refractivity contribution in [1.82, 2.24) is 10.6 Å². The first-order valence-corrected chi connectivity index (χ1v) is 10.0. The summed E-state index contributed by atoms with van der Waals surface area (Å²) in [7, 11) is 1.56. The molecule has 1 aliphatic heterocycles. The van der Waals surface area contributed by atoms with E-state index < -0.39 is 12.0 Å². The van der Waals surface area contributed by atoms with Gasteiger partial charge in [0.25, 0.3) is 0 Å². The number of nitrogens with one attached hydrogen (secondary N) is 2. The van der Waals surface area contributed by atoms with E-state index in [9.17, 15) is 9.59 Å². The van der Waals surface area contributed by atoms with Gasteiger partial charge in [-0.2, -0.15) is 0 Å². The number of carbonyl (C=O) groups is 2. The Labute approximate surface area is 173 Å². The van der Waals surface area contributed by atoms with Crippen molar-refractivity contribution in [3.05, 3.63) is 32.5 Å². The zero-order valence-electron chi connectivity index (χ0n) is 16.0. The van der Waals surface area contributed by atoms with Crippen molar-refractivity contribution in [1.29, 1.82) is 0 Å². The van der Waals surface area contributed by atoms with Crippen LogP contribution in [0.5, 0.6) is 11.5 Å². The molecule has 1 aromatic carbocycles. The van der Waals surface area contributed by atoms with E-state index in [2.05, 4.69) is 33.2 Å². The predicted molar refractivity (Wildman–Crippen MR) is 110 cm³/mol. The van der Waals surface area contributed by atoms with Gasteiger partial charge in [-0.25, -0.2) is 9.59 Å². The zero-order chi connectivity index (χ0) is 20.0. The Balaban J connectivity index is 2.58. The lowest BCUT2D eigenvalue weighted by Gasteiger charge is -2.30. The number of ether oxygens (including phenoxy) is 3. The second kappa shape index (κ2) is 9.82. The van der Waals surface area contributed by atoms with Crippen LogP contribution in [0.15, 0.2) is 23.4 Å². The molecule has 0 aliphatic carbocycles. The molecule has 1 heterocycles. The third kappa shape index (κ3) is 4.85. The van der Waals surface area contributed by atoms with Crippen molar-refractivity contribution >= 4 is 34.6 Å². The Morgan fingerprint density at radius 3 is 2.56 bits per heavy atom. The van der Waals surface area contributed by atoms with Crippen molar-refractivity contribution in [2.45, 2.75) is 39.7 Å². The number of esters is 1. The highest BCUT2D eigenvalue weighted by Gasteiger charge is 2.34. The first kappa shape index (κ1) is 21.3. The highest BCUT2D eigenvalue weighted by Crippen LogP contribution is 2.38. The molecular weight excluding hydrogens is 463 g/mol. The molecule has 2 rings (SSSR count). The number of benzene rings is 1. The van der Waals surface area contributed by atoms with Crippen LogP contribution < -0.4 is 20.1 Å². The molecule has 0 fully saturated rings. The predicted octanol–water partition coefficient (Wildman–Crippen LogP) is 3.67. The fourth-order valence-corrected chi connectivity index (χ4v) is 3.74. The molecule has 1 atom stereocenters. The number of rotatable bonds is 8. The normalized spacial score (nSPS) is 16.5. The monoisotopic (exact) mass is 488 g/mol. The Morgan fingerprint density at radius 1 is 1.22 bits per heavy atom. The van der Waals surface area contributed by atoms with Crippen LogP contribution in [0.4, 0.5) is 4.79 Å². The number of amides is 2. The van der Waals surface area contributed by atoms with Gasteiger partial charge in [0.05, 0.1) is 35.5 Å². The van der Waals surface area contributed by atoms with Gasteiger partial charge in [0.1, 0.15) is 0 Å². The van der Waals surface area contributed by atoms with Crippen LogP contribution in [-0.4, -0.2) is 32.3 Å². The lowest BCUT2D eigenvalue weighted by molar-refractivity contribution is -0.139. The average molecular weight is 488 g/mol. The first-order chi connectivity index (χ1) is 13.0. The molecule has 0 radical (unpaired) electrons. The van der Waals surface area contributed by atoms with Gasteiger partial charge in [0.2, 0.25) is 0 Å². The second-order valence-electron chi connectivity index (χ2n) is 5.86. The van der Waals surface area contributed by atoms with E-state index in [-0.39, 0.29) is 12.6 Å². The SMILES string of the molecule is CCCC1=C(C(=O)OCC)[C@@H](c2cc(I)c(OCC)c(OC)c2)NC(=O)N1. The molecule has 0 unspecified atom stereocenters. The molecule has 8 heteroatoms. The van der Waals surface area contributed by atoms with E-state index in [4.69, 9.17) is 14.2 Å². The third-order valence-electron chi connectivity index (χ3n) is 4.02. The molecule has 1 aromatic rings. The number of methoxy groups -OCH3 is 1. The molecule has 2 N–H and O–H groups in total. The van der Waals surface area contributed by atoms with Gasteiger partial charge in [-0.3, -0.25) is 0 Å². The number of urea groups is 1. The van der Waals surface area contributed by atoms with Gasteiger partial charge < -0.3 is 24.8 Å². The smallest absolute Gasteiger partial charge is 0.338 e. The quantitative estimate of drug-likeness (QED) is 0.431. The minimum absolute atomic E-state index is 0.256. The van der Waals surface area contributed by atoms with Crippen molar-refractivity contribution in [2.24, 2.45) is 0 Å². The topological polar surface area (TPSA) is 85.9 Å². The Morgan fingerprint density at radius 2 is 1.96 bits per heavy atom. The summed E-state index contributed by atoms with van der Waals surface area (Å²) in [5.41, 5.74) is 1.74. The molecule has 7 nitrogen and oxygen atoms in total. The highest BCUT2D eigenvalue weighted by atomic mass is 127. The van der Waals surface area contributed by atoms with E-state index in [1.54, 1.807) is 20.1 Å². The summed E-state index contributed by atoms with van der Waals surface area (Å²) in [4.78, 5) is 24.9. The summed E-state index contributed by atoms with van der Waals surface area (Å²) < 4.78 is 17.2. The lowest BCUT2D eigenvalue weighted by Crippen LogP contribution is -2.46. The van der Waals surface area contributed by atoms with Crippen LogP contribution in [-0.2, 0) is 9.53 Å². The van der Waals surface area contributed by atoms with Crippen molar-refractivity contribution in [3.63, 3.8) is 0 Å². The van der Waals surface area contributed by atoms with Crippen molar-refractivity contribution in [3.8, 4) is 11.5 Å². The van der Waals surface area contributed by atoms with Gasteiger partial charge in [0.15, 0.2) is 11.5 Å². The summed E-state index contributed by atoms with van der Waals surface area (Å²) >= 11 is 2.16. The molecule has 2 amide bonds. The molecule has 0 saturated carbocycles. The van der Waals surface area contributed by atoms with E-state index in [1.165, 1.54) is 0 Å². The molecule has 0 bridgehead atoms. The zero-order valence-corrected chi connectivity index (χ0v) is 18.1. The number of hydrogen-bond donors (Lipinski definition) is 2. The van der Waals surface area contributed by atoms with Crippen molar-refractivity contribution < 1.29 is 23.8 Å². The summed E-state index contributed by atoms with van der Waals surface area (Å²) in [6, 6.07) is 2.69. The fraction of sp³-hybridized carbons (Fsp3) is 0.474. The summed E-state index contributed by atoms with van der Waals surface area (Å²) in [6.45, 7) is 6.40. The number of carbonyl (C=O) groups excluding carboxylic acids is 2. The summed E-state index contributed by atoms with van der Waals surface area (Å²) in [6.07, 6.45) is 1.36. The maximum Gasteiger partial charge on any atom is 0.338 e. The average Bonchev–Trinajstić information content (AvgIpc) is 2.63. The van der Waals surface area contributed by atoms with Gasteiger partial charge in [-0.1, -0.05) is 13.3 Å². The summed E-state index contributed by atoms with van der Waals surface area (Å²) in [5.74, 6) is 0.744. The third-order valence-corrected chi connectivity index (χ3v) is 4.82. The van der Waals surface area contributed by atoms with E-state index in [1.807, 2.05) is 19.9 Å². The number of allylic oxidation sites excluding steroid dienone is 1. The van der Waals surface area contributed by atoms with Crippen LogP contribution in [0.1, 0.15) is 45.2 Å². The van der Waals surface area contributed by atoms with Crippen LogP contribution in [0, 0.1) is 3.57 Å². The van der Waals surface area contributed by atoms with Gasteiger partial charge in [-0.15, -0.1) is 0 Å². The maximum absolute atomic E-state index is 12.7. The Hall–Kier alpha value is -1.97. The maximum atomic E-state index is 12.7. The molecular formula is C19H25IN2O5. The van der Waals surface area contributed by atoms with Crippen LogP contribution in [0.3, 0.4) is 0 Å². The summed E-state index contributed by atoms with van der Waals surface area (Å²) in [5, 5.41) is 5.58. The van der Waals surface area contributed by atoms with Gasteiger partial charge >= 0.3 is 12.0 Å². The molecule has 27 heavy (non-hydrogen) atoms. The minimum atomic E-state index is -0.627. The highest BCUT2D eigenvalue weighted by molar-refractivity contribution is 14.1. The van der Waals surface area contributed by atoms with E-state index >= 15 is 0 Å². The van der Waals surface area contributed by atoms with Gasteiger partial charge in [0, 0.05) is 5.70 Å². The van der Waals surface area contributed by atoms with E-state index in [0.717, 1.165) is 15.6 Å². The standard InChI is InChI=1S/C19H25IN2O5/c1-5-8-13-15(18(23)27-7-3)16(22-19(24)21-13)11-9-12(20)17(26-6-2)14(10-11)25-4/h9-10,16H,5-8H2,1-4H3,(H2,21,22,24)/t16-/m1/s1. The number of halogens is 1.